The molecule has 0 saturated carbocycles. The molecule has 17 heavy (non-hydrogen) atoms. The molecule has 0 spiro atoms. The third-order valence-electron chi connectivity index (χ3n) is 4.01. The van der Waals surface area contributed by atoms with E-state index in [0.717, 1.165) is 24.1 Å². The van der Waals surface area contributed by atoms with Crippen LogP contribution < -0.4 is 0 Å². The lowest BCUT2D eigenvalue weighted by atomic mass is 9.96. The Morgan fingerprint density at radius 1 is 1.29 bits per heavy atom. The Labute approximate surface area is 112 Å². The van der Waals surface area contributed by atoms with E-state index in [1.165, 1.54) is 45.4 Å². The first-order valence-electron chi connectivity index (χ1n) is 7.05. The van der Waals surface area contributed by atoms with Crippen molar-refractivity contribution in [2.45, 2.75) is 32.6 Å². The molecule has 0 amide bonds. The first-order chi connectivity index (χ1) is 8.11. The van der Waals surface area contributed by atoms with E-state index in [-0.39, 0.29) is 0 Å². The number of piperidine rings is 1. The van der Waals surface area contributed by atoms with Crippen LogP contribution in [0.1, 0.15) is 32.6 Å². The fourth-order valence-corrected chi connectivity index (χ4v) is 2.92. The molecule has 0 aliphatic carbocycles. The van der Waals surface area contributed by atoms with Gasteiger partial charge in [-0.25, -0.2) is 0 Å². The van der Waals surface area contributed by atoms with E-state index in [2.05, 4.69) is 30.8 Å². The summed E-state index contributed by atoms with van der Waals surface area (Å²) in [5.41, 5.74) is 0. The number of nitrogens with zero attached hydrogens (tertiary/aromatic N) is 2. The van der Waals surface area contributed by atoms with Crippen LogP contribution in [0.2, 0.25) is 0 Å². The predicted octanol–water partition coefficient (Wildman–Crippen LogP) is 2.92. The molecule has 0 aromatic carbocycles. The minimum absolute atomic E-state index is 0.771. The monoisotopic (exact) mass is 260 g/mol. The predicted molar refractivity (Wildman–Crippen MR) is 76.8 cm³/mol. The molecule has 1 aliphatic rings. The van der Waals surface area contributed by atoms with E-state index in [0.29, 0.717) is 0 Å². The first-order valence-corrected chi connectivity index (χ1v) is 7.58. The highest BCUT2D eigenvalue weighted by Gasteiger charge is 2.18. The first kappa shape index (κ1) is 15.3. The lowest BCUT2D eigenvalue weighted by Crippen LogP contribution is -2.36. The number of rotatable bonds is 7. The topological polar surface area (TPSA) is 6.48 Å². The van der Waals surface area contributed by atoms with Crippen LogP contribution >= 0.6 is 11.6 Å². The van der Waals surface area contributed by atoms with Crippen molar-refractivity contribution in [1.82, 2.24) is 9.80 Å². The molecule has 1 fully saturated rings. The SMILES string of the molecule is CC(CCCl)CCN(C)CC1CCN(C)CC1. The van der Waals surface area contributed by atoms with Gasteiger partial charge < -0.3 is 9.80 Å². The number of hydrogen-bond donors (Lipinski definition) is 0. The molecule has 0 N–H and O–H groups in total. The Kier molecular flexibility index (Phi) is 7.49. The Morgan fingerprint density at radius 3 is 2.53 bits per heavy atom. The van der Waals surface area contributed by atoms with Crippen molar-refractivity contribution in [3.63, 3.8) is 0 Å². The zero-order chi connectivity index (χ0) is 12.7. The summed E-state index contributed by atoms with van der Waals surface area (Å²) >= 11 is 5.76. The van der Waals surface area contributed by atoms with Gasteiger partial charge in [0.1, 0.15) is 0 Å². The van der Waals surface area contributed by atoms with Crippen LogP contribution in [0.15, 0.2) is 0 Å². The fraction of sp³-hybridized carbons (Fsp3) is 1.00. The minimum atomic E-state index is 0.771. The van der Waals surface area contributed by atoms with E-state index in [4.69, 9.17) is 11.6 Å². The molecule has 0 aromatic rings. The molecule has 0 aromatic heterocycles. The maximum absolute atomic E-state index is 5.76. The quantitative estimate of drug-likeness (QED) is 0.650. The van der Waals surface area contributed by atoms with Crippen molar-refractivity contribution in [3.05, 3.63) is 0 Å². The second-order valence-corrected chi connectivity index (χ2v) is 6.26. The third kappa shape index (κ3) is 6.64. The van der Waals surface area contributed by atoms with Gasteiger partial charge in [0.05, 0.1) is 0 Å². The van der Waals surface area contributed by atoms with Gasteiger partial charge in [-0.15, -0.1) is 11.6 Å². The van der Waals surface area contributed by atoms with Crippen molar-refractivity contribution < 1.29 is 0 Å². The summed E-state index contributed by atoms with van der Waals surface area (Å²) in [6.07, 6.45) is 5.19. The average molecular weight is 261 g/mol. The van der Waals surface area contributed by atoms with Gasteiger partial charge in [-0.05, 0) is 71.2 Å². The molecular weight excluding hydrogens is 232 g/mol. The second-order valence-electron chi connectivity index (χ2n) is 5.88. The molecule has 1 unspecified atom stereocenters. The van der Waals surface area contributed by atoms with Gasteiger partial charge in [0.2, 0.25) is 0 Å². The summed E-state index contributed by atoms with van der Waals surface area (Å²) in [5.74, 6) is 2.49. The minimum Gasteiger partial charge on any atom is -0.306 e. The van der Waals surface area contributed by atoms with E-state index in [1.54, 1.807) is 0 Å². The van der Waals surface area contributed by atoms with Crippen LogP contribution in [0.25, 0.3) is 0 Å². The smallest absolute Gasteiger partial charge is 0.0225 e. The molecular formula is C14H29ClN2. The van der Waals surface area contributed by atoms with Gasteiger partial charge >= 0.3 is 0 Å². The summed E-state index contributed by atoms with van der Waals surface area (Å²) in [5, 5.41) is 0. The summed E-state index contributed by atoms with van der Waals surface area (Å²) in [6, 6.07) is 0. The fourth-order valence-electron chi connectivity index (χ4n) is 2.55. The molecule has 1 heterocycles. The second kappa shape index (κ2) is 8.34. The number of alkyl halides is 1. The van der Waals surface area contributed by atoms with E-state index in [9.17, 15) is 0 Å². The zero-order valence-electron chi connectivity index (χ0n) is 11.8. The van der Waals surface area contributed by atoms with Crippen LogP contribution in [0.4, 0.5) is 0 Å². The Hall–Kier alpha value is 0.210. The molecule has 2 nitrogen and oxygen atoms in total. The maximum atomic E-state index is 5.76. The van der Waals surface area contributed by atoms with Crippen molar-refractivity contribution >= 4 is 11.6 Å². The largest absolute Gasteiger partial charge is 0.306 e. The van der Waals surface area contributed by atoms with Crippen molar-refractivity contribution in [2.75, 3.05) is 46.2 Å². The lowest BCUT2D eigenvalue weighted by Gasteiger charge is -2.32. The standard InChI is InChI=1S/C14H29ClN2/c1-13(4-8-15)5-9-17(3)12-14-6-10-16(2)11-7-14/h13-14H,4-12H2,1-3H3. The number of halogens is 1. The van der Waals surface area contributed by atoms with Crippen LogP contribution in [-0.2, 0) is 0 Å². The molecule has 0 bridgehead atoms. The van der Waals surface area contributed by atoms with E-state index < -0.39 is 0 Å². The summed E-state index contributed by atoms with van der Waals surface area (Å²) in [6.45, 7) is 7.37. The van der Waals surface area contributed by atoms with Gasteiger partial charge in [0.25, 0.3) is 0 Å². The number of likely N-dealkylation sites (tertiary alicyclic amines) is 1. The molecule has 102 valence electrons. The maximum Gasteiger partial charge on any atom is 0.0225 e. The van der Waals surface area contributed by atoms with Crippen LogP contribution in [-0.4, -0.2) is 56.0 Å². The molecule has 3 heteroatoms. The zero-order valence-corrected chi connectivity index (χ0v) is 12.5. The molecule has 1 atom stereocenters. The van der Waals surface area contributed by atoms with E-state index in [1.807, 2.05) is 0 Å². The van der Waals surface area contributed by atoms with Crippen molar-refractivity contribution in [3.8, 4) is 0 Å². The van der Waals surface area contributed by atoms with Gasteiger partial charge in [-0.1, -0.05) is 6.92 Å². The Morgan fingerprint density at radius 2 is 1.94 bits per heavy atom. The van der Waals surface area contributed by atoms with Gasteiger partial charge in [0, 0.05) is 12.4 Å². The third-order valence-corrected chi connectivity index (χ3v) is 4.23. The van der Waals surface area contributed by atoms with E-state index >= 15 is 0 Å². The highest BCUT2D eigenvalue weighted by Crippen LogP contribution is 2.17. The molecule has 0 radical (unpaired) electrons. The van der Waals surface area contributed by atoms with Crippen molar-refractivity contribution in [2.24, 2.45) is 11.8 Å². The lowest BCUT2D eigenvalue weighted by molar-refractivity contribution is 0.172. The highest BCUT2D eigenvalue weighted by atomic mass is 35.5. The van der Waals surface area contributed by atoms with Gasteiger partial charge in [-0.3, -0.25) is 0 Å². The molecule has 1 rings (SSSR count). The highest BCUT2D eigenvalue weighted by molar-refractivity contribution is 6.17. The summed E-state index contributed by atoms with van der Waals surface area (Å²) in [4.78, 5) is 4.96. The Bertz CT molecular complexity index is 191. The Balaban J connectivity index is 2.10. The van der Waals surface area contributed by atoms with Gasteiger partial charge in [-0.2, -0.15) is 0 Å². The van der Waals surface area contributed by atoms with Crippen LogP contribution in [0.3, 0.4) is 0 Å². The normalized spacial score (nSPS) is 21.0. The number of hydrogen-bond acceptors (Lipinski definition) is 2. The van der Waals surface area contributed by atoms with Crippen LogP contribution in [0.5, 0.6) is 0 Å². The summed E-state index contributed by atoms with van der Waals surface area (Å²) < 4.78 is 0. The summed E-state index contributed by atoms with van der Waals surface area (Å²) in [7, 11) is 4.50. The van der Waals surface area contributed by atoms with Gasteiger partial charge in [0.15, 0.2) is 0 Å². The molecule has 1 aliphatic heterocycles. The molecule has 1 saturated heterocycles. The average Bonchev–Trinajstić information content (AvgIpc) is 2.30. The van der Waals surface area contributed by atoms with Crippen molar-refractivity contribution in [1.29, 1.82) is 0 Å². The van der Waals surface area contributed by atoms with Crippen LogP contribution in [0, 0.1) is 11.8 Å².